The molecule has 1 N–H and O–H groups in total. The molecule has 0 radical (unpaired) electrons. The molecule has 1 amide bonds. The van der Waals surface area contributed by atoms with E-state index in [0.717, 1.165) is 35.4 Å². The largest absolute Gasteiger partial charge is 0.344 e. The Kier molecular flexibility index (Phi) is 6.27. The van der Waals surface area contributed by atoms with Crippen molar-refractivity contribution in [2.75, 3.05) is 0 Å². The van der Waals surface area contributed by atoms with Crippen LogP contribution in [0.25, 0.3) is 22.6 Å². The molecule has 0 saturated heterocycles. The molecule has 0 fully saturated rings. The van der Waals surface area contributed by atoms with Crippen molar-refractivity contribution in [1.29, 1.82) is 0 Å². The molecule has 3 aromatic carbocycles. The van der Waals surface area contributed by atoms with Crippen LogP contribution < -0.4 is 5.32 Å². The number of carbonyl (C=O) groups is 1. The molecule has 1 aromatic heterocycles. The van der Waals surface area contributed by atoms with Crippen LogP contribution in [0, 0.1) is 0 Å². The highest BCUT2D eigenvalue weighted by molar-refractivity contribution is 5.99. The van der Waals surface area contributed by atoms with Crippen molar-refractivity contribution < 1.29 is 4.79 Å². The Hall–Kier alpha value is -3.66. The first-order chi connectivity index (χ1) is 15.2. The summed E-state index contributed by atoms with van der Waals surface area (Å²) in [4.78, 5) is 18.5. The Morgan fingerprint density at radius 3 is 2.00 bits per heavy atom. The molecule has 1 atom stereocenters. The third kappa shape index (κ3) is 4.43. The van der Waals surface area contributed by atoms with Crippen LogP contribution in [-0.4, -0.2) is 15.5 Å². The van der Waals surface area contributed by atoms with Crippen molar-refractivity contribution in [2.24, 2.45) is 7.05 Å². The monoisotopic (exact) mass is 409 g/mol. The van der Waals surface area contributed by atoms with Gasteiger partial charge in [-0.25, -0.2) is 4.98 Å². The van der Waals surface area contributed by atoms with E-state index in [2.05, 4.69) is 24.4 Å². The predicted molar refractivity (Wildman–Crippen MR) is 126 cm³/mol. The molecular formula is C27H27N3O. The van der Waals surface area contributed by atoms with Gasteiger partial charge in [0, 0.05) is 18.2 Å². The summed E-state index contributed by atoms with van der Waals surface area (Å²) in [6.45, 7) is 2.13. The van der Waals surface area contributed by atoms with Gasteiger partial charge in [-0.15, -0.1) is 0 Å². The van der Waals surface area contributed by atoms with Crippen LogP contribution in [0.3, 0.4) is 0 Å². The first-order valence-electron chi connectivity index (χ1n) is 10.7. The summed E-state index contributed by atoms with van der Waals surface area (Å²) in [6, 6.07) is 30.0. The first kappa shape index (κ1) is 20.6. The van der Waals surface area contributed by atoms with Gasteiger partial charge in [0.05, 0.1) is 6.04 Å². The lowest BCUT2D eigenvalue weighted by Gasteiger charge is -2.19. The number of hydrogen-bond donors (Lipinski definition) is 1. The molecule has 1 unspecified atom stereocenters. The van der Waals surface area contributed by atoms with E-state index in [1.165, 1.54) is 0 Å². The Balaban J connectivity index is 1.77. The maximum Gasteiger partial charge on any atom is 0.270 e. The molecular weight excluding hydrogens is 382 g/mol. The first-order valence-corrected chi connectivity index (χ1v) is 10.7. The van der Waals surface area contributed by atoms with Crippen molar-refractivity contribution in [3.05, 3.63) is 102 Å². The molecule has 4 heteroatoms. The maximum absolute atomic E-state index is 13.6. The average Bonchev–Trinajstić information content (AvgIpc) is 3.17. The third-order valence-corrected chi connectivity index (χ3v) is 5.47. The molecule has 0 bridgehead atoms. The van der Waals surface area contributed by atoms with Crippen molar-refractivity contribution >= 4 is 5.91 Å². The van der Waals surface area contributed by atoms with Crippen molar-refractivity contribution in [1.82, 2.24) is 14.9 Å². The number of imidazole rings is 1. The van der Waals surface area contributed by atoms with Crippen LogP contribution >= 0.6 is 0 Å². The Labute approximate surface area is 183 Å². The molecule has 4 aromatic rings. The van der Waals surface area contributed by atoms with E-state index in [1.54, 1.807) is 0 Å². The van der Waals surface area contributed by atoms with E-state index in [4.69, 9.17) is 4.98 Å². The Bertz CT molecular complexity index is 1140. The van der Waals surface area contributed by atoms with Gasteiger partial charge in [0.1, 0.15) is 17.2 Å². The molecule has 0 saturated carbocycles. The smallest absolute Gasteiger partial charge is 0.270 e. The molecule has 1 heterocycles. The second-order valence-corrected chi connectivity index (χ2v) is 7.65. The minimum atomic E-state index is -0.113. The van der Waals surface area contributed by atoms with Gasteiger partial charge >= 0.3 is 0 Å². The minimum Gasteiger partial charge on any atom is -0.344 e. The topological polar surface area (TPSA) is 46.9 Å². The van der Waals surface area contributed by atoms with Gasteiger partial charge < -0.3 is 9.88 Å². The summed E-state index contributed by atoms with van der Waals surface area (Å²) in [7, 11) is 1.91. The number of aromatic nitrogens is 2. The maximum atomic E-state index is 13.6. The molecule has 0 aliphatic heterocycles. The second kappa shape index (κ2) is 9.43. The van der Waals surface area contributed by atoms with Gasteiger partial charge in [-0.1, -0.05) is 104 Å². The summed E-state index contributed by atoms with van der Waals surface area (Å²) >= 11 is 0. The summed E-state index contributed by atoms with van der Waals surface area (Å²) < 4.78 is 1.90. The highest BCUT2D eigenvalue weighted by Gasteiger charge is 2.25. The van der Waals surface area contributed by atoms with E-state index in [9.17, 15) is 4.79 Å². The zero-order chi connectivity index (χ0) is 21.6. The summed E-state index contributed by atoms with van der Waals surface area (Å²) in [5, 5.41) is 3.27. The predicted octanol–water partition coefficient (Wildman–Crippen LogP) is 6.03. The summed E-state index contributed by atoms with van der Waals surface area (Å²) in [5.74, 6) is 0.662. The normalized spacial score (nSPS) is 11.8. The highest BCUT2D eigenvalue weighted by atomic mass is 16.2. The van der Waals surface area contributed by atoms with Crippen LogP contribution in [0.4, 0.5) is 0 Å². The fourth-order valence-corrected chi connectivity index (χ4v) is 3.92. The molecule has 4 rings (SSSR count). The van der Waals surface area contributed by atoms with E-state index in [-0.39, 0.29) is 11.9 Å². The van der Waals surface area contributed by atoms with Gasteiger partial charge in [-0.05, 0) is 12.0 Å². The SMILES string of the molecule is CCCC(NC(=O)c1c(-c2ccccc2)nc(-c2ccccc2)n1C)c1ccccc1. The van der Waals surface area contributed by atoms with Crippen LogP contribution in [0.1, 0.15) is 41.9 Å². The summed E-state index contributed by atoms with van der Waals surface area (Å²) in [6.07, 6.45) is 1.85. The fourth-order valence-electron chi connectivity index (χ4n) is 3.92. The van der Waals surface area contributed by atoms with Gasteiger partial charge in [0.2, 0.25) is 0 Å². The molecule has 4 nitrogen and oxygen atoms in total. The number of carbonyl (C=O) groups excluding carboxylic acids is 1. The van der Waals surface area contributed by atoms with Gasteiger partial charge in [0.15, 0.2) is 0 Å². The van der Waals surface area contributed by atoms with Crippen molar-refractivity contribution in [3.8, 4) is 22.6 Å². The van der Waals surface area contributed by atoms with Gasteiger partial charge in [0.25, 0.3) is 5.91 Å². The molecule has 156 valence electrons. The number of benzene rings is 3. The molecule has 0 spiro atoms. The van der Waals surface area contributed by atoms with E-state index in [1.807, 2.05) is 90.5 Å². The van der Waals surface area contributed by atoms with Gasteiger partial charge in [-0.3, -0.25) is 4.79 Å². The number of rotatable bonds is 7. The number of hydrogen-bond acceptors (Lipinski definition) is 2. The van der Waals surface area contributed by atoms with Gasteiger partial charge in [-0.2, -0.15) is 0 Å². The van der Waals surface area contributed by atoms with E-state index >= 15 is 0 Å². The van der Waals surface area contributed by atoms with Crippen LogP contribution in [0.2, 0.25) is 0 Å². The number of nitrogens with one attached hydrogen (secondary N) is 1. The van der Waals surface area contributed by atoms with Crippen LogP contribution in [-0.2, 0) is 7.05 Å². The molecule has 0 aliphatic rings. The van der Waals surface area contributed by atoms with E-state index in [0.29, 0.717) is 11.4 Å². The zero-order valence-corrected chi connectivity index (χ0v) is 18.0. The Morgan fingerprint density at radius 2 is 1.42 bits per heavy atom. The number of amides is 1. The lowest BCUT2D eigenvalue weighted by atomic mass is 10.0. The second-order valence-electron chi connectivity index (χ2n) is 7.65. The van der Waals surface area contributed by atoms with Crippen LogP contribution in [0.5, 0.6) is 0 Å². The molecule has 31 heavy (non-hydrogen) atoms. The quantitative estimate of drug-likeness (QED) is 0.405. The average molecular weight is 410 g/mol. The van der Waals surface area contributed by atoms with Crippen molar-refractivity contribution in [3.63, 3.8) is 0 Å². The summed E-state index contributed by atoms with van der Waals surface area (Å²) in [5.41, 5.74) is 4.29. The zero-order valence-electron chi connectivity index (χ0n) is 18.0. The Morgan fingerprint density at radius 1 is 0.871 bits per heavy atom. The molecule has 0 aliphatic carbocycles. The fraction of sp³-hybridized carbons (Fsp3) is 0.185. The highest BCUT2D eigenvalue weighted by Crippen LogP contribution is 2.29. The van der Waals surface area contributed by atoms with Crippen molar-refractivity contribution in [2.45, 2.75) is 25.8 Å². The third-order valence-electron chi connectivity index (χ3n) is 5.47. The van der Waals surface area contributed by atoms with E-state index < -0.39 is 0 Å². The minimum absolute atomic E-state index is 0.0441. The standard InChI is InChI=1S/C27H27N3O/c1-3-13-23(20-14-7-4-8-15-20)28-27(31)25-24(21-16-9-5-10-17-21)29-26(30(25)2)22-18-11-6-12-19-22/h4-12,14-19,23H,3,13H2,1-2H3,(H,28,31). The van der Waals surface area contributed by atoms with Crippen LogP contribution in [0.15, 0.2) is 91.0 Å². The lowest BCUT2D eigenvalue weighted by molar-refractivity contribution is 0.0927. The number of nitrogens with zero attached hydrogens (tertiary/aromatic N) is 2. The lowest BCUT2D eigenvalue weighted by Crippen LogP contribution is -2.30.